The number of hydrogen-bond donors (Lipinski definition) is 0. The van der Waals surface area contributed by atoms with Crippen molar-refractivity contribution in [2.75, 3.05) is 31.1 Å². The molecule has 6 nitrogen and oxygen atoms in total. The maximum atomic E-state index is 12.1. The number of anilines is 1. The van der Waals surface area contributed by atoms with Crippen LogP contribution in [0.1, 0.15) is 20.3 Å². The standard InChI is InChI=1S/C15H20ClN3O3/c1-11(2)10-14(20)17-6-8-18(9-7-17)15-12(16)4-3-5-13(15)19(21)22/h3-5,11H,6-10H2,1-2H3. The average Bonchev–Trinajstić information content (AvgIpc) is 2.46. The van der Waals surface area contributed by atoms with E-state index < -0.39 is 4.92 Å². The minimum Gasteiger partial charge on any atom is -0.361 e. The Morgan fingerprint density at radius 2 is 1.95 bits per heavy atom. The molecule has 0 radical (unpaired) electrons. The minimum absolute atomic E-state index is 0.00876. The van der Waals surface area contributed by atoms with Gasteiger partial charge in [-0.05, 0) is 12.0 Å². The van der Waals surface area contributed by atoms with Crippen molar-refractivity contribution in [2.24, 2.45) is 5.92 Å². The topological polar surface area (TPSA) is 66.7 Å². The number of nitrogens with zero attached hydrogens (tertiary/aromatic N) is 3. The predicted octanol–water partition coefficient (Wildman–Crippen LogP) is 2.94. The first-order valence-corrected chi connectivity index (χ1v) is 7.73. The Labute approximate surface area is 134 Å². The van der Waals surface area contributed by atoms with Crippen molar-refractivity contribution in [3.8, 4) is 0 Å². The second-order valence-electron chi connectivity index (χ2n) is 5.83. The molecule has 1 aliphatic rings. The van der Waals surface area contributed by atoms with Gasteiger partial charge in [0.25, 0.3) is 5.69 Å². The lowest BCUT2D eigenvalue weighted by atomic mass is 10.1. The number of benzene rings is 1. The minimum atomic E-state index is -0.419. The Bertz CT molecular complexity index is 569. The zero-order valence-corrected chi connectivity index (χ0v) is 13.5. The van der Waals surface area contributed by atoms with Crippen LogP contribution >= 0.6 is 11.6 Å². The summed E-state index contributed by atoms with van der Waals surface area (Å²) in [7, 11) is 0. The fourth-order valence-corrected chi connectivity index (χ4v) is 2.91. The molecule has 0 spiro atoms. The first-order chi connectivity index (χ1) is 10.4. The molecule has 7 heteroatoms. The lowest BCUT2D eigenvalue weighted by Gasteiger charge is -2.36. The quantitative estimate of drug-likeness (QED) is 0.630. The van der Waals surface area contributed by atoms with Crippen LogP contribution in [0.5, 0.6) is 0 Å². The SMILES string of the molecule is CC(C)CC(=O)N1CCN(c2c(Cl)cccc2[N+](=O)[O-])CC1. The van der Waals surface area contributed by atoms with Crippen molar-refractivity contribution < 1.29 is 9.72 Å². The number of amides is 1. The number of piperazine rings is 1. The molecule has 0 aromatic heterocycles. The molecule has 0 saturated carbocycles. The monoisotopic (exact) mass is 325 g/mol. The first-order valence-electron chi connectivity index (χ1n) is 7.35. The van der Waals surface area contributed by atoms with E-state index in [0.717, 1.165) is 0 Å². The number of para-hydroxylation sites is 1. The van der Waals surface area contributed by atoms with Gasteiger partial charge in [0.1, 0.15) is 5.69 Å². The molecule has 0 N–H and O–H groups in total. The summed E-state index contributed by atoms with van der Waals surface area (Å²) in [6.07, 6.45) is 0.534. The molecule has 1 heterocycles. The van der Waals surface area contributed by atoms with Crippen molar-refractivity contribution in [3.63, 3.8) is 0 Å². The molecule has 0 bridgehead atoms. The molecule has 0 unspecified atom stereocenters. The summed E-state index contributed by atoms with van der Waals surface area (Å²) in [5.74, 6) is 0.471. The lowest BCUT2D eigenvalue weighted by Crippen LogP contribution is -2.49. The van der Waals surface area contributed by atoms with Crippen LogP contribution in [0.2, 0.25) is 5.02 Å². The molecule has 1 aromatic rings. The van der Waals surface area contributed by atoms with E-state index in [1.54, 1.807) is 12.1 Å². The molecule has 0 atom stereocenters. The average molecular weight is 326 g/mol. The van der Waals surface area contributed by atoms with E-state index in [1.165, 1.54) is 6.07 Å². The zero-order valence-electron chi connectivity index (χ0n) is 12.8. The van der Waals surface area contributed by atoms with E-state index in [0.29, 0.717) is 49.2 Å². The van der Waals surface area contributed by atoms with Crippen LogP contribution in [0.25, 0.3) is 0 Å². The number of hydrogen-bond acceptors (Lipinski definition) is 4. The van der Waals surface area contributed by atoms with Gasteiger partial charge in [0.05, 0.1) is 9.95 Å². The van der Waals surface area contributed by atoms with Gasteiger partial charge in [0.15, 0.2) is 0 Å². The van der Waals surface area contributed by atoms with Crippen molar-refractivity contribution in [1.82, 2.24) is 4.90 Å². The summed E-state index contributed by atoms with van der Waals surface area (Å²) in [6, 6.07) is 4.68. The van der Waals surface area contributed by atoms with Crippen LogP contribution in [0.4, 0.5) is 11.4 Å². The van der Waals surface area contributed by atoms with Gasteiger partial charge in [-0.15, -0.1) is 0 Å². The van der Waals surface area contributed by atoms with Gasteiger partial charge >= 0.3 is 0 Å². The van der Waals surface area contributed by atoms with E-state index in [2.05, 4.69) is 0 Å². The van der Waals surface area contributed by atoms with Crippen molar-refractivity contribution >= 4 is 28.9 Å². The Morgan fingerprint density at radius 3 is 2.50 bits per heavy atom. The van der Waals surface area contributed by atoms with Crippen molar-refractivity contribution in [1.29, 1.82) is 0 Å². The third kappa shape index (κ3) is 3.68. The van der Waals surface area contributed by atoms with Gasteiger partial charge in [-0.1, -0.05) is 31.5 Å². The van der Waals surface area contributed by atoms with Crippen LogP contribution < -0.4 is 4.90 Å². The third-order valence-electron chi connectivity index (χ3n) is 3.69. The lowest BCUT2D eigenvalue weighted by molar-refractivity contribution is -0.384. The second kappa shape index (κ2) is 6.96. The van der Waals surface area contributed by atoms with Gasteiger partial charge in [-0.2, -0.15) is 0 Å². The highest BCUT2D eigenvalue weighted by molar-refractivity contribution is 6.33. The van der Waals surface area contributed by atoms with Crippen molar-refractivity contribution in [3.05, 3.63) is 33.3 Å². The normalized spacial score (nSPS) is 15.3. The van der Waals surface area contributed by atoms with Crippen LogP contribution in [0.15, 0.2) is 18.2 Å². The van der Waals surface area contributed by atoms with Gasteiger partial charge in [0, 0.05) is 38.7 Å². The number of halogens is 1. The number of carbonyl (C=O) groups excluding carboxylic acids is 1. The van der Waals surface area contributed by atoms with Gasteiger partial charge < -0.3 is 9.80 Å². The van der Waals surface area contributed by atoms with E-state index in [9.17, 15) is 14.9 Å². The molecule has 1 fully saturated rings. The van der Waals surface area contributed by atoms with Gasteiger partial charge in [0.2, 0.25) is 5.91 Å². The Morgan fingerprint density at radius 1 is 1.32 bits per heavy atom. The molecule has 1 amide bonds. The fourth-order valence-electron chi connectivity index (χ4n) is 2.62. The Kier molecular flexibility index (Phi) is 5.24. The summed E-state index contributed by atoms with van der Waals surface area (Å²) in [4.78, 5) is 26.5. The summed E-state index contributed by atoms with van der Waals surface area (Å²) >= 11 is 6.15. The summed E-state index contributed by atoms with van der Waals surface area (Å²) in [6.45, 7) is 6.26. The van der Waals surface area contributed by atoms with Gasteiger partial charge in [-0.25, -0.2) is 0 Å². The third-order valence-corrected chi connectivity index (χ3v) is 4.00. The van der Waals surface area contributed by atoms with Crippen LogP contribution in [-0.2, 0) is 4.79 Å². The molecule has 1 saturated heterocycles. The number of carbonyl (C=O) groups is 1. The molecule has 0 aliphatic carbocycles. The molecule has 1 aliphatic heterocycles. The molecular weight excluding hydrogens is 306 g/mol. The van der Waals surface area contributed by atoms with E-state index in [-0.39, 0.29) is 11.6 Å². The largest absolute Gasteiger partial charge is 0.361 e. The fraction of sp³-hybridized carbons (Fsp3) is 0.533. The molecule has 120 valence electrons. The van der Waals surface area contributed by atoms with E-state index in [4.69, 9.17) is 11.6 Å². The van der Waals surface area contributed by atoms with Crippen LogP contribution in [-0.4, -0.2) is 41.9 Å². The maximum absolute atomic E-state index is 12.1. The summed E-state index contributed by atoms with van der Waals surface area (Å²) in [5.41, 5.74) is 0.458. The maximum Gasteiger partial charge on any atom is 0.294 e. The number of rotatable bonds is 4. The van der Waals surface area contributed by atoms with Crippen LogP contribution in [0.3, 0.4) is 0 Å². The molecular formula is C15H20ClN3O3. The summed E-state index contributed by atoms with van der Waals surface area (Å²) < 4.78 is 0. The summed E-state index contributed by atoms with van der Waals surface area (Å²) in [5, 5.41) is 11.5. The molecule has 1 aromatic carbocycles. The number of nitro benzene ring substituents is 1. The van der Waals surface area contributed by atoms with E-state index in [1.807, 2.05) is 23.6 Å². The second-order valence-corrected chi connectivity index (χ2v) is 6.24. The zero-order chi connectivity index (χ0) is 16.3. The Hall–Kier alpha value is -1.82. The predicted molar refractivity (Wildman–Crippen MR) is 86.4 cm³/mol. The van der Waals surface area contributed by atoms with Crippen LogP contribution in [0, 0.1) is 16.0 Å². The van der Waals surface area contributed by atoms with Gasteiger partial charge in [-0.3, -0.25) is 14.9 Å². The first kappa shape index (κ1) is 16.5. The smallest absolute Gasteiger partial charge is 0.294 e. The highest BCUT2D eigenvalue weighted by atomic mass is 35.5. The highest BCUT2D eigenvalue weighted by Gasteiger charge is 2.27. The molecule has 22 heavy (non-hydrogen) atoms. The molecule has 2 rings (SSSR count). The van der Waals surface area contributed by atoms with Crippen molar-refractivity contribution in [2.45, 2.75) is 20.3 Å². The Balaban J connectivity index is 2.09. The van der Waals surface area contributed by atoms with E-state index >= 15 is 0 Å². The highest BCUT2D eigenvalue weighted by Crippen LogP contribution is 2.35. The number of nitro groups is 1.